The van der Waals surface area contributed by atoms with Crippen LogP contribution < -0.4 is 0 Å². The molecule has 5 heteroatoms. The van der Waals surface area contributed by atoms with Crippen molar-refractivity contribution < 1.29 is 19.7 Å². The molecule has 0 bridgehead atoms. The second-order valence-electron chi connectivity index (χ2n) is 3.43. The summed E-state index contributed by atoms with van der Waals surface area (Å²) in [6.45, 7) is 1.05. The first kappa shape index (κ1) is 10.3. The average Bonchev–Trinajstić information content (AvgIpc) is 2.05. The van der Waals surface area contributed by atoms with E-state index in [1.165, 1.54) is 12.0 Å². The molecular weight excluding hydrogens is 174 g/mol. The zero-order valence-corrected chi connectivity index (χ0v) is 7.69. The third-order valence-corrected chi connectivity index (χ3v) is 2.38. The van der Waals surface area contributed by atoms with Crippen LogP contribution in [0.4, 0.5) is 4.79 Å². The first-order chi connectivity index (χ1) is 6.07. The van der Waals surface area contributed by atoms with Gasteiger partial charge in [-0.25, -0.2) is 4.79 Å². The van der Waals surface area contributed by atoms with Gasteiger partial charge < -0.3 is 19.8 Å². The minimum Gasteiger partial charge on any atom is -0.465 e. The summed E-state index contributed by atoms with van der Waals surface area (Å²) < 4.78 is 4.86. The third kappa shape index (κ3) is 2.57. The molecule has 0 aromatic heterocycles. The number of carbonyl (C=O) groups is 1. The van der Waals surface area contributed by atoms with Crippen molar-refractivity contribution in [1.29, 1.82) is 0 Å². The number of amides is 1. The van der Waals surface area contributed by atoms with E-state index in [9.17, 15) is 9.90 Å². The first-order valence-electron chi connectivity index (χ1n) is 4.26. The average molecular weight is 189 g/mol. The molecular formula is C8H15NO4. The standard InChI is InChI=1S/C8H15NO4/c1-13-6-8(12)2-4-9(5-3-8)7(10)11/h12H,2-6H2,1H3,(H,10,11). The maximum absolute atomic E-state index is 10.5. The molecule has 76 valence electrons. The van der Waals surface area contributed by atoms with E-state index in [-0.39, 0.29) is 6.61 Å². The molecule has 5 nitrogen and oxygen atoms in total. The van der Waals surface area contributed by atoms with Gasteiger partial charge >= 0.3 is 6.09 Å². The molecule has 0 aliphatic carbocycles. The summed E-state index contributed by atoms with van der Waals surface area (Å²) in [5.41, 5.74) is -0.833. The Morgan fingerprint density at radius 3 is 2.46 bits per heavy atom. The number of hydrogen-bond donors (Lipinski definition) is 2. The monoisotopic (exact) mass is 189 g/mol. The van der Waals surface area contributed by atoms with Gasteiger partial charge in [0.1, 0.15) is 0 Å². The fraction of sp³-hybridized carbons (Fsp3) is 0.875. The summed E-state index contributed by atoms with van der Waals surface area (Å²) in [6, 6.07) is 0. The summed E-state index contributed by atoms with van der Waals surface area (Å²) in [5.74, 6) is 0. The van der Waals surface area contributed by atoms with Gasteiger partial charge in [-0.15, -0.1) is 0 Å². The van der Waals surface area contributed by atoms with E-state index in [0.717, 1.165) is 0 Å². The highest BCUT2D eigenvalue weighted by molar-refractivity contribution is 5.65. The van der Waals surface area contributed by atoms with Crippen LogP contribution in [0.25, 0.3) is 0 Å². The Hall–Kier alpha value is -0.810. The molecule has 1 amide bonds. The molecule has 0 aromatic carbocycles. The maximum Gasteiger partial charge on any atom is 0.407 e. The Morgan fingerprint density at radius 1 is 1.54 bits per heavy atom. The van der Waals surface area contributed by atoms with Crippen LogP contribution in [0.5, 0.6) is 0 Å². The molecule has 0 atom stereocenters. The van der Waals surface area contributed by atoms with Gasteiger partial charge in [-0.3, -0.25) is 0 Å². The molecule has 0 unspecified atom stereocenters. The van der Waals surface area contributed by atoms with Crippen molar-refractivity contribution in [2.75, 3.05) is 26.8 Å². The number of nitrogens with zero attached hydrogens (tertiary/aromatic N) is 1. The summed E-state index contributed by atoms with van der Waals surface area (Å²) >= 11 is 0. The van der Waals surface area contributed by atoms with E-state index >= 15 is 0 Å². The van der Waals surface area contributed by atoms with E-state index in [4.69, 9.17) is 9.84 Å². The minimum absolute atomic E-state index is 0.278. The molecule has 0 radical (unpaired) electrons. The van der Waals surface area contributed by atoms with Gasteiger partial charge in [-0.2, -0.15) is 0 Å². The van der Waals surface area contributed by atoms with E-state index in [1.807, 2.05) is 0 Å². The van der Waals surface area contributed by atoms with Crippen molar-refractivity contribution in [1.82, 2.24) is 4.90 Å². The molecule has 1 aliphatic rings. The predicted octanol–water partition coefficient (Wildman–Crippen LogP) is 0.138. The highest BCUT2D eigenvalue weighted by atomic mass is 16.5. The van der Waals surface area contributed by atoms with Crippen molar-refractivity contribution in [3.63, 3.8) is 0 Å². The van der Waals surface area contributed by atoms with Gasteiger partial charge in [0.2, 0.25) is 0 Å². The van der Waals surface area contributed by atoms with Gasteiger partial charge in [-0.05, 0) is 12.8 Å². The molecule has 0 saturated carbocycles. The van der Waals surface area contributed by atoms with Gasteiger partial charge in [-0.1, -0.05) is 0 Å². The summed E-state index contributed by atoms with van der Waals surface area (Å²) in [4.78, 5) is 11.8. The van der Waals surface area contributed by atoms with E-state index in [1.54, 1.807) is 0 Å². The first-order valence-corrected chi connectivity index (χ1v) is 4.26. The third-order valence-electron chi connectivity index (χ3n) is 2.38. The Kier molecular flexibility index (Phi) is 3.11. The number of carboxylic acid groups (broad SMARTS) is 1. The molecule has 0 aromatic rings. The topological polar surface area (TPSA) is 70.0 Å². The number of hydrogen-bond acceptors (Lipinski definition) is 3. The smallest absolute Gasteiger partial charge is 0.407 e. The zero-order chi connectivity index (χ0) is 9.90. The number of methoxy groups -OCH3 is 1. The van der Waals surface area contributed by atoms with Crippen molar-refractivity contribution in [3.05, 3.63) is 0 Å². The Labute approximate surface area is 76.9 Å². The Bertz CT molecular complexity index is 187. The number of likely N-dealkylation sites (tertiary alicyclic amines) is 1. The molecule has 0 spiro atoms. The highest BCUT2D eigenvalue weighted by Crippen LogP contribution is 2.22. The Balaban J connectivity index is 2.41. The molecule has 1 fully saturated rings. The molecule has 1 heterocycles. The molecule has 1 aliphatic heterocycles. The summed E-state index contributed by atoms with van der Waals surface area (Å²) in [7, 11) is 1.53. The minimum atomic E-state index is -0.917. The highest BCUT2D eigenvalue weighted by Gasteiger charge is 2.33. The van der Waals surface area contributed by atoms with Crippen LogP contribution in [0.2, 0.25) is 0 Å². The molecule has 1 rings (SSSR count). The van der Waals surface area contributed by atoms with E-state index < -0.39 is 11.7 Å². The van der Waals surface area contributed by atoms with Gasteiger partial charge in [0.05, 0.1) is 12.2 Å². The van der Waals surface area contributed by atoms with Gasteiger partial charge in [0.15, 0.2) is 0 Å². The molecule has 2 N–H and O–H groups in total. The van der Waals surface area contributed by atoms with Crippen LogP contribution in [0, 0.1) is 0 Å². The lowest BCUT2D eigenvalue weighted by atomic mass is 9.93. The summed E-state index contributed by atoms with van der Waals surface area (Å²) in [6.07, 6.45) is -0.0141. The fourth-order valence-corrected chi connectivity index (χ4v) is 1.53. The van der Waals surface area contributed by atoms with E-state index in [0.29, 0.717) is 25.9 Å². The van der Waals surface area contributed by atoms with Crippen LogP contribution in [-0.2, 0) is 4.74 Å². The number of piperidine rings is 1. The normalized spacial score (nSPS) is 21.5. The lowest BCUT2D eigenvalue weighted by molar-refractivity contribution is -0.0670. The fourth-order valence-electron chi connectivity index (χ4n) is 1.53. The second kappa shape index (κ2) is 3.93. The molecule has 1 saturated heterocycles. The quantitative estimate of drug-likeness (QED) is 0.648. The van der Waals surface area contributed by atoms with Crippen molar-refractivity contribution in [2.45, 2.75) is 18.4 Å². The van der Waals surface area contributed by atoms with Gasteiger partial charge in [0, 0.05) is 20.2 Å². The van der Waals surface area contributed by atoms with Crippen LogP contribution >= 0.6 is 0 Å². The number of ether oxygens (including phenoxy) is 1. The lowest BCUT2D eigenvalue weighted by Crippen LogP contribution is -2.48. The van der Waals surface area contributed by atoms with Crippen LogP contribution in [-0.4, -0.2) is 53.6 Å². The van der Waals surface area contributed by atoms with Crippen molar-refractivity contribution >= 4 is 6.09 Å². The van der Waals surface area contributed by atoms with E-state index in [2.05, 4.69) is 0 Å². The maximum atomic E-state index is 10.5. The van der Waals surface area contributed by atoms with Crippen molar-refractivity contribution in [3.8, 4) is 0 Å². The van der Waals surface area contributed by atoms with Gasteiger partial charge in [0.25, 0.3) is 0 Å². The number of aliphatic hydroxyl groups is 1. The zero-order valence-electron chi connectivity index (χ0n) is 7.69. The summed E-state index contributed by atoms with van der Waals surface area (Å²) in [5, 5.41) is 18.5. The van der Waals surface area contributed by atoms with Crippen molar-refractivity contribution in [2.24, 2.45) is 0 Å². The van der Waals surface area contributed by atoms with Crippen LogP contribution in [0.1, 0.15) is 12.8 Å². The molecule has 13 heavy (non-hydrogen) atoms. The van der Waals surface area contributed by atoms with Crippen LogP contribution in [0.3, 0.4) is 0 Å². The lowest BCUT2D eigenvalue weighted by Gasteiger charge is -2.36. The largest absolute Gasteiger partial charge is 0.465 e. The SMILES string of the molecule is COCC1(O)CCN(C(=O)O)CC1. The Morgan fingerprint density at radius 2 is 2.08 bits per heavy atom. The second-order valence-corrected chi connectivity index (χ2v) is 3.43. The predicted molar refractivity (Wildman–Crippen MR) is 45.7 cm³/mol. The van der Waals surface area contributed by atoms with Crippen LogP contribution in [0.15, 0.2) is 0 Å². The number of rotatable bonds is 2.